The predicted molar refractivity (Wildman–Crippen MR) is 98.4 cm³/mol. The predicted octanol–water partition coefficient (Wildman–Crippen LogP) is 5.20. The summed E-state index contributed by atoms with van der Waals surface area (Å²) < 4.78 is 15.2. The molecule has 7 heteroatoms. The molecule has 1 aromatic carbocycles. The minimum Gasteiger partial charge on any atom is -0.486 e. The van der Waals surface area contributed by atoms with E-state index in [1.165, 1.54) is 0 Å². The third-order valence-corrected chi connectivity index (χ3v) is 4.22. The normalized spacial score (nSPS) is 11.2. The largest absolute Gasteiger partial charge is 0.486 e. The Morgan fingerprint density at radius 1 is 1.25 bits per heavy atom. The number of hydrogen-bond donors (Lipinski definition) is 1. The van der Waals surface area contributed by atoms with Crippen LogP contribution in [0.3, 0.4) is 0 Å². The maximum Gasteiger partial charge on any atom is 0.198 e. The molecule has 0 bridgehead atoms. The lowest BCUT2D eigenvalue weighted by molar-refractivity contribution is 0.271. The summed E-state index contributed by atoms with van der Waals surface area (Å²) >= 11 is 8.70. The van der Waals surface area contributed by atoms with E-state index in [4.69, 9.17) is 21.4 Å². The molecule has 0 aliphatic rings. The second-order valence-corrected chi connectivity index (χ2v) is 7.17. The SMILES string of the molecule is CC(C)Cn1c(-c2ccc(COc3ccc(Br)cc3)o2)n[nH]c1=S. The summed E-state index contributed by atoms with van der Waals surface area (Å²) in [7, 11) is 0. The highest BCUT2D eigenvalue weighted by atomic mass is 79.9. The van der Waals surface area contributed by atoms with Crippen molar-refractivity contribution in [3.63, 3.8) is 0 Å². The van der Waals surface area contributed by atoms with Gasteiger partial charge in [-0.05, 0) is 54.5 Å². The van der Waals surface area contributed by atoms with E-state index < -0.39 is 0 Å². The van der Waals surface area contributed by atoms with Crippen molar-refractivity contribution in [2.75, 3.05) is 0 Å². The second-order valence-electron chi connectivity index (χ2n) is 5.87. The van der Waals surface area contributed by atoms with Crippen molar-refractivity contribution in [3.8, 4) is 17.3 Å². The van der Waals surface area contributed by atoms with Gasteiger partial charge in [-0.3, -0.25) is 9.67 Å². The molecule has 3 aromatic rings. The van der Waals surface area contributed by atoms with Crippen LogP contribution >= 0.6 is 28.1 Å². The minimum atomic E-state index is 0.358. The van der Waals surface area contributed by atoms with E-state index in [1.807, 2.05) is 41.0 Å². The number of halogens is 1. The van der Waals surface area contributed by atoms with Crippen molar-refractivity contribution in [2.45, 2.75) is 27.0 Å². The van der Waals surface area contributed by atoms with Crippen LogP contribution in [0.5, 0.6) is 5.75 Å². The van der Waals surface area contributed by atoms with Crippen molar-refractivity contribution >= 4 is 28.1 Å². The van der Waals surface area contributed by atoms with Crippen LogP contribution in [0, 0.1) is 10.7 Å². The number of hydrogen-bond acceptors (Lipinski definition) is 4. The summed E-state index contributed by atoms with van der Waals surface area (Å²) in [6.45, 7) is 5.42. The lowest BCUT2D eigenvalue weighted by Crippen LogP contribution is -2.06. The van der Waals surface area contributed by atoms with Gasteiger partial charge in [0.25, 0.3) is 0 Å². The minimum absolute atomic E-state index is 0.358. The number of H-pyrrole nitrogens is 1. The average Bonchev–Trinajstić information content (AvgIpc) is 3.14. The number of rotatable bonds is 6. The molecule has 0 aliphatic heterocycles. The fourth-order valence-corrected chi connectivity index (χ4v) is 2.77. The van der Waals surface area contributed by atoms with Gasteiger partial charge in [0.1, 0.15) is 18.1 Å². The van der Waals surface area contributed by atoms with E-state index in [-0.39, 0.29) is 0 Å². The summed E-state index contributed by atoms with van der Waals surface area (Å²) in [5.74, 6) is 3.38. The maximum atomic E-state index is 5.87. The van der Waals surface area contributed by atoms with Gasteiger partial charge in [0.15, 0.2) is 16.4 Å². The molecular formula is C17H18BrN3O2S. The third-order valence-electron chi connectivity index (χ3n) is 3.38. The molecule has 0 saturated heterocycles. The Labute approximate surface area is 153 Å². The quantitative estimate of drug-likeness (QED) is 0.570. The Morgan fingerprint density at radius 2 is 2.00 bits per heavy atom. The number of furan rings is 1. The van der Waals surface area contributed by atoms with Crippen LogP contribution in [0.15, 0.2) is 45.3 Å². The molecule has 0 radical (unpaired) electrons. The first kappa shape index (κ1) is 17.0. The lowest BCUT2D eigenvalue weighted by atomic mass is 10.2. The summed E-state index contributed by atoms with van der Waals surface area (Å²) in [5, 5.41) is 7.12. The van der Waals surface area contributed by atoms with E-state index in [9.17, 15) is 0 Å². The molecule has 0 spiro atoms. The van der Waals surface area contributed by atoms with Crippen molar-refractivity contribution in [1.29, 1.82) is 0 Å². The van der Waals surface area contributed by atoms with Crippen molar-refractivity contribution in [1.82, 2.24) is 14.8 Å². The van der Waals surface area contributed by atoms with Crippen LogP contribution in [0.4, 0.5) is 0 Å². The van der Waals surface area contributed by atoms with Gasteiger partial charge in [0.2, 0.25) is 0 Å². The van der Waals surface area contributed by atoms with Gasteiger partial charge in [-0.1, -0.05) is 29.8 Å². The van der Waals surface area contributed by atoms with Crippen LogP contribution in [-0.4, -0.2) is 14.8 Å². The van der Waals surface area contributed by atoms with E-state index in [0.29, 0.717) is 28.9 Å². The Bertz CT molecular complexity index is 865. The molecule has 2 heterocycles. The van der Waals surface area contributed by atoms with Gasteiger partial charge in [0.05, 0.1) is 0 Å². The molecule has 3 rings (SSSR count). The third kappa shape index (κ3) is 3.96. The fraction of sp³-hybridized carbons (Fsp3) is 0.294. The van der Waals surface area contributed by atoms with Gasteiger partial charge < -0.3 is 9.15 Å². The van der Waals surface area contributed by atoms with E-state index in [0.717, 1.165) is 22.5 Å². The standard InChI is InChI=1S/C17H18BrN3O2S/c1-11(2)9-21-16(19-20-17(21)24)15-8-7-14(23-15)10-22-13-5-3-12(18)4-6-13/h3-8,11H,9-10H2,1-2H3,(H,20,24). The molecule has 2 aromatic heterocycles. The smallest absolute Gasteiger partial charge is 0.198 e. The monoisotopic (exact) mass is 407 g/mol. The topological polar surface area (TPSA) is 56.0 Å². The summed E-state index contributed by atoms with van der Waals surface area (Å²) in [4.78, 5) is 0. The van der Waals surface area contributed by atoms with Crippen LogP contribution in [0.25, 0.3) is 11.6 Å². The molecule has 0 saturated carbocycles. The number of nitrogens with zero attached hydrogens (tertiary/aromatic N) is 2. The average molecular weight is 408 g/mol. The van der Waals surface area contributed by atoms with Crippen LogP contribution in [-0.2, 0) is 13.2 Å². The molecular weight excluding hydrogens is 390 g/mol. The first-order chi connectivity index (χ1) is 11.5. The number of nitrogens with one attached hydrogen (secondary N) is 1. The lowest BCUT2D eigenvalue weighted by Gasteiger charge is -2.07. The molecule has 5 nitrogen and oxygen atoms in total. The second kappa shape index (κ2) is 7.36. The van der Waals surface area contributed by atoms with Crippen LogP contribution in [0.2, 0.25) is 0 Å². The van der Waals surface area contributed by atoms with Gasteiger partial charge >= 0.3 is 0 Å². The van der Waals surface area contributed by atoms with Gasteiger partial charge in [-0.15, -0.1) is 0 Å². The van der Waals surface area contributed by atoms with Crippen LogP contribution < -0.4 is 4.74 Å². The molecule has 24 heavy (non-hydrogen) atoms. The summed E-state index contributed by atoms with van der Waals surface area (Å²) in [6.07, 6.45) is 0. The van der Waals surface area contributed by atoms with Crippen molar-refractivity contribution in [2.24, 2.45) is 5.92 Å². The molecule has 0 unspecified atom stereocenters. The molecule has 0 aliphatic carbocycles. The Balaban J connectivity index is 1.74. The van der Waals surface area contributed by atoms with Crippen molar-refractivity contribution in [3.05, 3.63) is 51.4 Å². The number of aromatic nitrogens is 3. The van der Waals surface area contributed by atoms with E-state index in [2.05, 4.69) is 40.0 Å². The summed E-state index contributed by atoms with van der Waals surface area (Å²) in [5.41, 5.74) is 0. The first-order valence-electron chi connectivity index (χ1n) is 7.65. The molecule has 126 valence electrons. The van der Waals surface area contributed by atoms with E-state index >= 15 is 0 Å². The van der Waals surface area contributed by atoms with Crippen LogP contribution in [0.1, 0.15) is 19.6 Å². The molecule has 0 fully saturated rings. The Kier molecular flexibility index (Phi) is 5.20. The van der Waals surface area contributed by atoms with Crippen molar-refractivity contribution < 1.29 is 9.15 Å². The molecule has 0 amide bonds. The Hall–Kier alpha value is -1.86. The molecule has 1 N–H and O–H groups in total. The van der Waals surface area contributed by atoms with Gasteiger partial charge in [-0.25, -0.2) is 0 Å². The van der Waals surface area contributed by atoms with Gasteiger partial charge in [0, 0.05) is 11.0 Å². The summed E-state index contributed by atoms with van der Waals surface area (Å²) in [6, 6.07) is 11.5. The number of ether oxygens (including phenoxy) is 1. The number of aromatic amines is 1. The fourth-order valence-electron chi connectivity index (χ4n) is 2.30. The first-order valence-corrected chi connectivity index (χ1v) is 8.85. The van der Waals surface area contributed by atoms with E-state index in [1.54, 1.807) is 0 Å². The Morgan fingerprint density at radius 3 is 2.71 bits per heavy atom. The highest BCUT2D eigenvalue weighted by molar-refractivity contribution is 9.10. The zero-order chi connectivity index (χ0) is 17.1. The van der Waals surface area contributed by atoms with Gasteiger partial charge in [-0.2, -0.15) is 5.10 Å². The highest BCUT2D eigenvalue weighted by Gasteiger charge is 2.14. The highest BCUT2D eigenvalue weighted by Crippen LogP contribution is 2.23. The maximum absolute atomic E-state index is 5.87. The zero-order valence-corrected chi connectivity index (χ0v) is 15.9. The molecule has 0 atom stereocenters. The zero-order valence-electron chi connectivity index (χ0n) is 13.5. The number of benzene rings is 1.